The molecule has 72 valence electrons. The highest BCUT2D eigenvalue weighted by molar-refractivity contribution is 5.66. The summed E-state index contributed by atoms with van der Waals surface area (Å²) in [6.07, 6.45) is 1.92. The van der Waals surface area contributed by atoms with Gasteiger partial charge in [-0.1, -0.05) is 13.0 Å². The van der Waals surface area contributed by atoms with Crippen molar-refractivity contribution in [1.82, 2.24) is 4.98 Å². The maximum absolute atomic E-state index is 9.37. The fraction of sp³-hybridized carbons (Fsp3) is 0.333. The molecule has 0 saturated heterocycles. The second kappa shape index (κ2) is 7.09. The van der Waals surface area contributed by atoms with Gasteiger partial charge in [0.2, 0.25) is 5.88 Å². The summed E-state index contributed by atoms with van der Waals surface area (Å²) in [5.74, 6) is -0.0856. The van der Waals surface area contributed by atoms with Gasteiger partial charge in [-0.15, -0.1) is 0 Å². The molecule has 1 aromatic heterocycles. The first-order valence-corrected chi connectivity index (χ1v) is 3.87. The number of nitrogens with zero attached hydrogens (tertiary/aromatic N) is 1. The lowest BCUT2D eigenvalue weighted by Crippen LogP contribution is -1.86. The summed E-state index contributed by atoms with van der Waals surface area (Å²) in [7, 11) is 1.60. The Morgan fingerprint density at radius 2 is 2.23 bits per heavy atom. The zero-order valence-corrected chi connectivity index (χ0v) is 7.73. The molecule has 0 aliphatic carbocycles. The Labute approximate surface area is 77.2 Å². The molecule has 1 rings (SSSR count). The van der Waals surface area contributed by atoms with E-state index in [1.165, 1.54) is 0 Å². The van der Waals surface area contributed by atoms with E-state index >= 15 is 0 Å². The highest BCUT2D eigenvalue weighted by Crippen LogP contribution is 1.99. The SMILES string of the molecule is CCC(=O)O.COc1ccccn1. The minimum Gasteiger partial charge on any atom is -0.481 e. The number of pyridine rings is 1. The Morgan fingerprint density at radius 1 is 1.62 bits per heavy atom. The molecule has 0 radical (unpaired) electrons. The summed E-state index contributed by atoms with van der Waals surface area (Å²) in [6, 6.07) is 5.54. The Bertz CT molecular complexity index is 236. The maximum Gasteiger partial charge on any atom is 0.303 e. The molecule has 0 atom stereocenters. The molecule has 13 heavy (non-hydrogen) atoms. The van der Waals surface area contributed by atoms with E-state index in [2.05, 4.69) is 4.98 Å². The lowest BCUT2D eigenvalue weighted by atomic mass is 10.5. The van der Waals surface area contributed by atoms with E-state index in [-0.39, 0.29) is 6.42 Å². The van der Waals surface area contributed by atoms with Crippen LogP contribution in [0.15, 0.2) is 24.4 Å². The van der Waals surface area contributed by atoms with Crippen molar-refractivity contribution in [3.05, 3.63) is 24.4 Å². The van der Waals surface area contributed by atoms with Gasteiger partial charge in [0.15, 0.2) is 0 Å². The monoisotopic (exact) mass is 183 g/mol. The summed E-state index contributed by atoms with van der Waals surface area (Å²) in [4.78, 5) is 13.2. The molecular formula is C9H13NO3. The fourth-order valence-corrected chi connectivity index (χ4v) is 0.468. The van der Waals surface area contributed by atoms with E-state index in [1.807, 2.05) is 12.1 Å². The van der Waals surface area contributed by atoms with Crippen molar-refractivity contribution in [2.24, 2.45) is 0 Å². The fourth-order valence-electron chi connectivity index (χ4n) is 0.468. The zero-order chi connectivity index (χ0) is 10.1. The maximum atomic E-state index is 9.37. The number of carboxylic acid groups (broad SMARTS) is 1. The molecule has 0 aromatic carbocycles. The first-order chi connectivity index (χ1) is 6.20. The van der Waals surface area contributed by atoms with Crippen LogP contribution in [0.1, 0.15) is 13.3 Å². The van der Waals surface area contributed by atoms with Crippen LogP contribution in [0.3, 0.4) is 0 Å². The van der Waals surface area contributed by atoms with Gasteiger partial charge in [-0.2, -0.15) is 0 Å². The Hall–Kier alpha value is -1.58. The summed E-state index contributed by atoms with van der Waals surface area (Å²) < 4.78 is 4.80. The van der Waals surface area contributed by atoms with Crippen LogP contribution >= 0.6 is 0 Å². The largest absolute Gasteiger partial charge is 0.481 e. The number of rotatable bonds is 2. The first-order valence-electron chi connectivity index (χ1n) is 3.87. The summed E-state index contributed by atoms with van der Waals surface area (Å²) in [6.45, 7) is 1.60. The number of hydrogen-bond donors (Lipinski definition) is 1. The lowest BCUT2D eigenvalue weighted by Gasteiger charge is -1.92. The van der Waals surface area contributed by atoms with Crippen LogP contribution < -0.4 is 4.74 Å². The van der Waals surface area contributed by atoms with E-state index in [0.29, 0.717) is 5.88 Å². The molecule has 0 unspecified atom stereocenters. The van der Waals surface area contributed by atoms with Crippen molar-refractivity contribution in [2.75, 3.05) is 7.11 Å². The molecule has 0 amide bonds. The zero-order valence-electron chi connectivity index (χ0n) is 7.73. The van der Waals surface area contributed by atoms with E-state index in [0.717, 1.165) is 0 Å². The van der Waals surface area contributed by atoms with Crippen LogP contribution in [0.4, 0.5) is 0 Å². The molecule has 0 aliphatic heterocycles. The van der Waals surface area contributed by atoms with Gasteiger partial charge in [-0.25, -0.2) is 4.98 Å². The molecule has 1 N–H and O–H groups in total. The van der Waals surface area contributed by atoms with Gasteiger partial charge in [-0.05, 0) is 6.07 Å². The number of ether oxygens (including phenoxy) is 1. The molecule has 0 spiro atoms. The van der Waals surface area contributed by atoms with Gasteiger partial charge in [0.25, 0.3) is 0 Å². The third-order valence-corrected chi connectivity index (χ3v) is 1.15. The van der Waals surface area contributed by atoms with Crippen LogP contribution in [0.2, 0.25) is 0 Å². The molecule has 0 saturated carbocycles. The van der Waals surface area contributed by atoms with Crippen LogP contribution in [0, 0.1) is 0 Å². The average molecular weight is 183 g/mol. The molecule has 4 nitrogen and oxygen atoms in total. The summed E-state index contributed by atoms with van der Waals surface area (Å²) >= 11 is 0. The van der Waals surface area contributed by atoms with Gasteiger partial charge in [0.05, 0.1) is 7.11 Å². The minimum atomic E-state index is -0.745. The number of hydrogen-bond acceptors (Lipinski definition) is 3. The predicted molar refractivity (Wildman–Crippen MR) is 48.7 cm³/mol. The van der Waals surface area contributed by atoms with Crippen LogP contribution in [-0.4, -0.2) is 23.2 Å². The quantitative estimate of drug-likeness (QED) is 0.756. The Morgan fingerprint density at radius 3 is 2.46 bits per heavy atom. The second-order valence-electron chi connectivity index (χ2n) is 2.12. The van der Waals surface area contributed by atoms with E-state index in [9.17, 15) is 4.79 Å². The number of methoxy groups -OCH3 is 1. The smallest absolute Gasteiger partial charge is 0.303 e. The van der Waals surface area contributed by atoms with Crippen molar-refractivity contribution in [3.8, 4) is 5.88 Å². The van der Waals surface area contributed by atoms with Crippen molar-refractivity contribution in [3.63, 3.8) is 0 Å². The first kappa shape index (κ1) is 11.4. The molecule has 0 fully saturated rings. The van der Waals surface area contributed by atoms with Gasteiger partial charge < -0.3 is 9.84 Å². The standard InChI is InChI=1S/C6H7NO.C3H6O2/c1-8-6-4-2-3-5-7-6;1-2-3(4)5/h2-5H,1H3;2H2,1H3,(H,4,5). The Kier molecular flexibility index (Phi) is 6.23. The molecule has 1 aromatic rings. The van der Waals surface area contributed by atoms with E-state index < -0.39 is 5.97 Å². The van der Waals surface area contributed by atoms with Gasteiger partial charge in [0, 0.05) is 18.7 Å². The summed E-state index contributed by atoms with van der Waals surface area (Å²) in [5, 5.41) is 7.72. The number of aromatic nitrogens is 1. The topological polar surface area (TPSA) is 59.4 Å². The van der Waals surface area contributed by atoms with Crippen LogP contribution in [-0.2, 0) is 4.79 Å². The van der Waals surface area contributed by atoms with Gasteiger partial charge in [0.1, 0.15) is 0 Å². The molecule has 0 bridgehead atoms. The Balaban J connectivity index is 0.000000252. The minimum absolute atomic E-state index is 0.222. The number of carbonyl (C=O) groups is 1. The molecular weight excluding hydrogens is 170 g/mol. The second-order valence-corrected chi connectivity index (χ2v) is 2.12. The van der Waals surface area contributed by atoms with Crippen molar-refractivity contribution < 1.29 is 14.6 Å². The lowest BCUT2D eigenvalue weighted by molar-refractivity contribution is -0.136. The third kappa shape index (κ3) is 6.80. The third-order valence-electron chi connectivity index (χ3n) is 1.15. The highest BCUT2D eigenvalue weighted by atomic mass is 16.5. The van der Waals surface area contributed by atoms with Crippen molar-refractivity contribution in [2.45, 2.75) is 13.3 Å². The molecule has 4 heteroatoms. The van der Waals surface area contributed by atoms with E-state index in [4.69, 9.17) is 9.84 Å². The van der Waals surface area contributed by atoms with Crippen molar-refractivity contribution >= 4 is 5.97 Å². The van der Waals surface area contributed by atoms with Crippen LogP contribution in [0.5, 0.6) is 5.88 Å². The van der Waals surface area contributed by atoms with Gasteiger partial charge >= 0.3 is 5.97 Å². The average Bonchev–Trinajstić information content (AvgIpc) is 2.20. The molecule has 1 heterocycles. The van der Waals surface area contributed by atoms with Crippen molar-refractivity contribution in [1.29, 1.82) is 0 Å². The molecule has 0 aliphatic rings. The van der Waals surface area contributed by atoms with Crippen LogP contribution in [0.25, 0.3) is 0 Å². The predicted octanol–water partition coefficient (Wildman–Crippen LogP) is 1.57. The summed E-state index contributed by atoms with van der Waals surface area (Å²) in [5.41, 5.74) is 0. The normalized spacial score (nSPS) is 8.15. The highest BCUT2D eigenvalue weighted by Gasteiger charge is 1.82. The number of carboxylic acids is 1. The van der Waals surface area contributed by atoms with E-state index in [1.54, 1.807) is 26.3 Å². The number of aliphatic carboxylic acids is 1. The van der Waals surface area contributed by atoms with Gasteiger partial charge in [-0.3, -0.25) is 4.79 Å².